The molecule has 1 aromatic heterocycles. The van der Waals surface area contributed by atoms with Gasteiger partial charge in [0.15, 0.2) is 0 Å². The number of rotatable bonds is 4. The predicted octanol–water partition coefficient (Wildman–Crippen LogP) is 0.954. The molecule has 0 fully saturated rings. The van der Waals surface area contributed by atoms with E-state index in [-0.39, 0.29) is 6.04 Å². The quantitative estimate of drug-likeness (QED) is 0.702. The molecule has 0 bridgehead atoms. The van der Waals surface area contributed by atoms with Crippen molar-refractivity contribution in [1.82, 2.24) is 15.5 Å². The first kappa shape index (κ1) is 9.22. The van der Waals surface area contributed by atoms with Crippen LogP contribution in [0.15, 0.2) is 18.3 Å². The van der Waals surface area contributed by atoms with Gasteiger partial charge in [0.25, 0.3) is 0 Å². The summed E-state index contributed by atoms with van der Waals surface area (Å²) in [6, 6.07) is 4.03. The lowest BCUT2D eigenvalue weighted by molar-refractivity contribution is 0.650. The number of nitrogens with zero attached hydrogens (tertiary/aromatic N) is 2. The molecular formula is C8H11N3S. The van der Waals surface area contributed by atoms with E-state index in [1.54, 1.807) is 11.6 Å². The third kappa shape index (κ3) is 3.02. The van der Waals surface area contributed by atoms with Crippen LogP contribution in [-0.2, 0) is 6.54 Å². The SMILES string of the molecule is CC(C=S)NCc1cccnn1. The van der Waals surface area contributed by atoms with Crippen LogP contribution in [0.25, 0.3) is 0 Å². The first-order valence-corrected chi connectivity index (χ1v) is 4.25. The van der Waals surface area contributed by atoms with E-state index >= 15 is 0 Å². The van der Waals surface area contributed by atoms with Crippen molar-refractivity contribution in [3.63, 3.8) is 0 Å². The molecule has 0 spiro atoms. The van der Waals surface area contributed by atoms with Crippen molar-refractivity contribution in [2.45, 2.75) is 19.5 Å². The number of nitrogens with one attached hydrogen (secondary N) is 1. The van der Waals surface area contributed by atoms with Gasteiger partial charge < -0.3 is 5.32 Å². The zero-order valence-corrected chi connectivity index (χ0v) is 7.71. The summed E-state index contributed by atoms with van der Waals surface area (Å²) in [5.41, 5.74) is 0.932. The van der Waals surface area contributed by atoms with Gasteiger partial charge in [-0.15, -0.1) is 0 Å². The summed E-state index contributed by atoms with van der Waals surface area (Å²) in [7, 11) is 0. The molecule has 0 saturated carbocycles. The Morgan fingerprint density at radius 3 is 3.17 bits per heavy atom. The van der Waals surface area contributed by atoms with Crippen LogP contribution in [-0.4, -0.2) is 21.6 Å². The monoisotopic (exact) mass is 181 g/mol. The number of thiocarbonyl (C=S) groups is 1. The summed E-state index contributed by atoms with van der Waals surface area (Å²) in [5, 5.41) is 12.6. The summed E-state index contributed by atoms with van der Waals surface area (Å²) in [4.78, 5) is 0. The van der Waals surface area contributed by atoms with Crippen molar-refractivity contribution >= 4 is 17.6 Å². The Labute approximate surface area is 77.2 Å². The fourth-order valence-electron chi connectivity index (χ4n) is 0.741. The van der Waals surface area contributed by atoms with E-state index in [9.17, 15) is 0 Å². The highest BCUT2D eigenvalue weighted by Gasteiger charge is 1.96. The van der Waals surface area contributed by atoms with Crippen molar-refractivity contribution in [3.05, 3.63) is 24.0 Å². The minimum absolute atomic E-state index is 0.238. The number of aromatic nitrogens is 2. The van der Waals surface area contributed by atoms with Gasteiger partial charge in [0.2, 0.25) is 0 Å². The third-order valence-electron chi connectivity index (χ3n) is 1.44. The highest BCUT2D eigenvalue weighted by atomic mass is 32.1. The van der Waals surface area contributed by atoms with Crippen molar-refractivity contribution in [3.8, 4) is 0 Å². The number of hydrogen-bond donors (Lipinski definition) is 1. The molecule has 12 heavy (non-hydrogen) atoms. The fourth-order valence-corrected chi connectivity index (χ4v) is 0.838. The highest BCUT2D eigenvalue weighted by Crippen LogP contribution is 1.90. The minimum atomic E-state index is 0.238. The average Bonchev–Trinajstić information content (AvgIpc) is 2.16. The van der Waals surface area contributed by atoms with Crippen LogP contribution in [0.4, 0.5) is 0 Å². The van der Waals surface area contributed by atoms with Gasteiger partial charge in [0.05, 0.1) is 5.69 Å². The molecule has 1 N–H and O–H groups in total. The van der Waals surface area contributed by atoms with Crippen molar-refractivity contribution in [2.75, 3.05) is 0 Å². The second-order valence-electron chi connectivity index (χ2n) is 2.52. The van der Waals surface area contributed by atoms with Crippen molar-refractivity contribution in [1.29, 1.82) is 0 Å². The van der Waals surface area contributed by atoms with Gasteiger partial charge in [-0.2, -0.15) is 10.2 Å². The van der Waals surface area contributed by atoms with E-state index in [0.717, 1.165) is 5.69 Å². The second-order valence-corrected chi connectivity index (χ2v) is 2.79. The molecule has 0 amide bonds. The van der Waals surface area contributed by atoms with Gasteiger partial charge in [-0.1, -0.05) is 12.2 Å². The normalized spacial score (nSPS) is 12.4. The van der Waals surface area contributed by atoms with E-state index in [1.165, 1.54) is 0 Å². The standard InChI is InChI=1S/C8H11N3S/c1-7(6-12)9-5-8-3-2-4-10-11-8/h2-4,6-7,9H,5H2,1H3. The van der Waals surface area contributed by atoms with Gasteiger partial charge in [0.1, 0.15) is 0 Å². The summed E-state index contributed by atoms with van der Waals surface area (Å²) in [5.74, 6) is 0. The lowest BCUT2D eigenvalue weighted by Crippen LogP contribution is -2.26. The van der Waals surface area contributed by atoms with Crippen molar-refractivity contribution in [2.24, 2.45) is 0 Å². The Hall–Kier alpha value is -0.870. The summed E-state index contributed by atoms with van der Waals surface area (Å²) >= 11 is 4.77. The van der Waals surface area contributed by atoms with Crippen LogP contribution < -0.4 is 5.32 Å². The lowest BCUT2D eigenvalue weighted by Gasteiger charge is -2.05. The fraction of sp³-hybridized carbons (Fsp3) is 0.375. The van der Waals surface area contributed by atoms with Crippen LogP contribution in [0.2, 0.25) is 0 Å². The number of hydrogen-bond acceptors (Lipinski definition) is 4. The topological polar surface area (TPSA) is 37.8 Å². The molecular weight excluding hydrogens is 170 g/mol. The molecule has 4 heteroatoms. The summed E-state index contributed by atoms with van der Waals surface area (Å²) in [6.45, 7) is 2.71. The van der Waals surface area contributed by atoms with Gasteiger partial charge in [0, 0.05) is 18.8 Å². The largest absolute Gasteiger partial charge is 0.304 e. The first-order chi connectivity index (χ1) is 5.83. The maximum absolute atomic E-state index is 4.77. The van der Waals surface area contributed by atoms with E-state index in [1.807, 2.05) is 19.1 Å². The summed E-state index contributed by atoms with van der Waals surface area (Å²) < 4.78 is 0. The molecule has 1 atom stereocenters. The van der Waals surface area contributed by atoms with E-state index in [4.69, 9.17) is 12.2 Å². The van der Waals surface area contributed by atoms with Gasteiger partial charge in [-0.3, -0.25) is 0 Å². The molecule has 0 aliphatic rings. The minimum Gasteiger partial charge on any atom is -0.304 e. The van der Waals surface area contributed by atoms with E-state index < -0.39 is 0 Å². The smallest absolute Gasteiger partial charge is 0.0769 e. The second kappa shape index (κ2) is 4.90. The Bertz CT molecular complexity index is 237. The zero-order chi connectivity index (χ0) is 8.81. The highest BCUT2D eigenvalue weighted by molar-refractivity contribution is 7.79. The molecule has 1 heterocycles. The van der Waals surface area contributed by atoms with Gasteiger partial charge in [-0.05, 0) is 24.4 Å². The molecule has 0 aliphatic carbocycles. The molecule has 1 aromatic rings. The average molecular weight is 181 g/mol. The van der Waals surface area contributed by atoms with Gasteiger partial charge in [-0.25, -0.2) is 0 Å². The molecule has 0 aromatic carbocycles. The summed E-state index contributed by atoms with van der Waals surface area (Å²) in [6.07, 6.45) is 1.66. The molecule has 1 unspecified atom stereocenters. The Balaban J connectivity index is 2.38. The van der Waals surface area contributed by atoms with Gasteiger partial charge >= 0.3 is 0 Å². The maximum Gasteiger partial charge on any atom is 0.0769 e. The molecule has 3 nitrogen and oxygen atoms in total. The first-order valence-electron chi connectivity index (χ1n) is 3.78. The Morgan fingerprint density at radius 1 is 1.75 bits per heavy atom. The Morgan fingerprint density at radius 2 is 2.58 bits per heavy atom. The maximum atomic E-state index is 4.77. The molecule has 0 saturated heterocycles. The molecule has 64 valence electrons. The Kier molecular flexibility index (Phi) is 3.76. The lowest BCUT2D eigenvalue weighted by atomic mass is 10.3. The van der Waals surface area contributed by atoms with Crippen LogP contribution in [0.5, 0.6) is 0 Å². The third-order valence-corrected chi connectivity index (χ3v) is 1.85. The molecule has 0 aliphatic heterocycles. The van der Waals surface area contributed by atoms with E-state index in [0.29, 0.717) is 6.54 Å². The van der Waals surface area contributed by atoms with Crippen molar-refractivity contribution < 1.29 is 0 Å². The molecule has 1 rings (SSSR count). The molecule has 0 radical (unpaired) electrons. The van der Waals surface area contributed by atoms with Crippen LogP contribution >= 0.6 is 12.2 Å². The van der Waals surface area contributed by atoms with Crippen LogP contribution in [0, 0.1) is 0 Å². The van der Waals surface area contributed by atoms with E-state index in [2.05, 4.69) is 15.5 Å². The van der Waals surface area contributed by atoms with Crippen LogP contribution in [0.3, 0.4) is 0 Å². The zero-order valence-electron chi connectivity index (χ0n) is 6.90. The van der Waals surface area contributed by atoms with Crippen LogP contribution in [0.1, 0.15) is 12.6 Å². The predicted molar refractivity (Wildman–Crippen MR) is 52.0 cm³/mol.